The lowest BCUT2D eigenvalue weighted by Crippen LogP contribution is -2.37. The van der Waals surface area contributed by atoms with Crippen LogP contribution in [0.2, 0.25) is 0 Å². The maximum atomic E-state index is 11.6. The second-order valence-corrected chi connectivity index (χ2v) is 4.37. The Morgan fingerprint density at radius 3 is 2.50 bits per heavy atom. The molecule has 1 heterocycles. The van der Waals surface area contributed by atoms with Gasteiger partial charge in [0.2, 0.25) is 5.91 Å². The van der Waals surface area contributed by atoms with Crippen LogP contribution >= 0.6 is 24.8 Å². The fraction of sp³-hybridized carbons (Fsp3) is 0.917. The van der Waals surface area contributed by atoms with Gasteiger partial charge in [-0.15, -0.1) is 24.8 Å². The first-order valence-corrected chi connectivity index (χ1v) is 6.48. The van der Waals surface area contributed by atoms with Crippen LogP contribution in [-0.4, -0.2) is 49.6 Å². The van der Waals surface area contributed by atoms with Crippen molar-refractivity contribution in [1.82, 2.24) is 15.5 Å². The topological polar surface area (TPSA) is 44.4 Å². The molecule has 0 aromatic rings. The molecule has 1 aliphatic rings. The Morgan fingerprint density at radius 1 is 1.33 bits per heavy atom. The van der Waals surface area contributed by atoms with E-state index in [2.05, 4.69) is 29.4 Å². The molecule has 1 atom stereocenters. The van der Waals surface area contributed by atoms with Crippen molar-refractivity contribution in [3.63, 3.8) is 0 Å². The van der Waals surface area contributed by atoms with E-state index in [9.17, 15) is 4.79 Å². The molecule has 1 fully saturated rings. The molecule has 0 aliphatic carbocycles. The van der Waals surface area contributed by atoms with Crippen molar-refractivity contribution in [1.29, 1.82) is 0 Å². The number of rotatable bonds is 7. The van der Waals surface area contributed by atoms with E-state index in [1.54, 1.807) is 0 Å². The van der Waals surface area contributed by atoms with Crippen LogP contribution in [0.15, 0.2) is 0 Å². The van der Waals surface area contributed by atoms with Crippen molar-refractivity contribution in [2.24, 2.45) is 0 Å². The molecule has 1 rings (SSSR count). The molecule has 0 bridgehead atoms. The van der Waals surface area contributed by atoms with E-state index in [1.165, 1.54) is 6.42 Å². The van der Waals surface area contributed by atoms with Crippen LogP contribution in [0.25, 0.3) is 0 Å². The van der Waals surface area contributed by atoms with E-state index in [1.807, 2.05) is 0 Å². The van der Waals surface area contributed by atoms with E-state index in [0.29, 0.717) is 12.5 Å². The third-order valence-corrected chi connectivity index (χ3v) is 3.24. The van der Waals surface area contributed by atoms with Gasteiger partial charge in [-0.3, -0.25) is 4.79 Å². The zero-order valence-electron chi connectivity index (χ0n) is 11.4. The van der Waals surface area contributed by atoms with Gasteiger partial charge in [-0.25, -0.2) is 0 Å². The average Bonchev–Trinajstić information content (AvgIpc) is 2.77. The van der Waals surface area contributed by atoms with Gasteiger partial charge in [0.05, 0.1) is 0 Å². The van der Waals surface area contributed by atoms with E-state index in [-0.39, 0.29) is 30.7 Å². The van der Waals surface area contributed by atoms with Crippen LogP contribution in [0, 0.1) is 0 Å². The minimum Gasteiger partial charge on any atom is -0.355 e. The van der Waals surface area contributed by atoms with Gasteiger partial charge in [0.1, 0.15) is 0 Å². The largest absolute Gasteiger partial charge is 0.355 e. The van der Waals surface area contributed by atoms with Crippen LogP contribution < -0.4 is 10.6 Å². The molecular formula is C12H27Cl2N3O. The van der Waals surface area contributed by atoms with E-state index in [0.717, 1.165) is 39.1 Å². The number of nitrogens with zero attached hydrogens (tertiary/aromatic N) is 1. The number of carbonyl (C=O) groups is 1. The quantitative estimate of drug-likeness (QED) is 0.747. The molecule has 110 valence electrons. The van der Waals surface area contributed by atoms with Gasteiger partial charge < -0.3 is 15.5 Å². The Bertz CT molecular complexity index is 207. The van der Waals surface area contributed by atoms with Crippen LogP contribution in [0.5, 0.6) is 0 Å². The zero-order valence-corrected chi connectivity index (χ0v) is 13.0. The molecule has 4 nitrogen and oxygen atoms in total. The second kappa shape index (κ2) is 12.0. The lowest BCUT2D eigenvalue weighted by atomic mass is 10.1. The molecule has 18 heavy (non-hydrogen) atoms. The molecule has 0 spiro atoms. The molecule has 1 amide bonds. The average molecular weight is 300 g/mol. The highest BCUT2D eigenvalue weighted by atomic mass is 35.5. The first-order valence-electron chi connectivity index (χ1n) is 6.48. The molecule has 0 radical (unpaired) electrons. The van der Waals surface area contributed by atoms with Gasteiger partial charge in [-0.1, -0.05) is 13.8 Å². The number of hydrogen-bond donors (Lipinski definition) is 2. The first kappa shape index (κ1) is 20.3. The number of nitrogens with one attached hydrogen (secondary N) is 2. The smallest absolute Gasteiger partial charge is 0.221 e. The molecule has 6 heteroatoms. The summed E-state index contributed by atoms with van der Waals surface area (Å²) >= 11 is 0. The lowest BCUT2D eigenvalue weighted by molar-refractivity contribution is -0.121. The van der Waals surface area contributed by atoms with Crippen molar-refractivity contribution < 1.29 is 4.79 Å². The zero-order chi connectivity index (χ0) is 11.8. The molecule has 0 saturated carbocycles. The van der Waals surface area contributed by atoms with Gasteiger partial charge in [0.15, 0.2) is 0 Å². The first-order chi connectivity index (χ1) is 7.76. The fourth-order valence-corrected chi connectivity index (χ4v) is 2.12. The Morgan fingerprint density at radius 2 is 2.00 bits per heavy atom. The fourth-order valence-electron chi connectivity index (χ4n) is 2.12. The monoisotopic (exact) mass is 299 g/mol. The molecule has 0 aromatic carbocycles. The summed E-state index contributed by atoms with van der Waals surface area (Å²) in [5, 5.41) is 6.33. The predicted molar refractivity (Wildman–Crippen MR) is 80.9 cm³/mol. The van der Waals surface area contributed by atoms with E-state index < -0.39 is 0 Å². The summed E-state index contributed by atoms with van der Waals surface area (Å²) in [6, 6.07) is 0.411. The van der Waals surface area contributed by atoms with Crippen molar-refractivity contribution in [2.75, 3.05) is 32.7 Å². The lowest BCUT2D eigenvalue weighted by Gasteiger charge is -2.18. The number of halogens is 2. The Labute approximate surface area is 123 Å². The second-order valence-electron chi connectivity index (χ2n) is 4.37. The van der Waals surface area contributed by atoms with E-state index >= 15 is 0 Å². The maximum Gasteiger partial charge on any atom is 0.221 e. The Kier molecular flexibility index (Phi) is 13.6. The van der Waals surface area contributed by atoms with Crippen LogP contribution in [0.1, 0.15) is 33.1 Å². The third-order valence-electron chi connectivity index (χ3n) is 3.24. The Hall–Kier alpha value is -0.0300. The number of hydrogen-bond acceptors (Lipinski definition) is 3. The molecular weight excluding hydrogens is 273 g/mol. The number of amides is 1. The minimum absolute atomic E-state index is 0. The van der Waals surface area contributed by atoms with Crippen molar-refractivity contribution in [3.8, 4) is 0 Å². The highest BCUT2D eigenvalue weighted by Crippen LogP contribution is 2.07. The molecule has 1 aliphatic heterocycles. The minimum atomic E-state index is 0. The summed E-state index contributed by atoms with van der Waals surface area (Å²) < 4.78 is 0. The summed E-state index contributed by atoms with van der Waals surface area (Å²) in [6.45, 7) is 9.19. The van der Waals surface area contributed by atoms with Crippen LogP contribution in [0.4, 0.5) is 0 Å². The van der Waals surface area contributed by atoms with Gasteiger partial charge in [-0.05, 0) is 32.5 Å². The maximum absolute atomic E-state index is 11.6. The SMILES string of the molecule is CCN(CC)CCNC(=O)CC1CCCN1.Cl.Cl. The van der Waals surface area contributed by atoms with Gasteiger partial charge in [0.25, 0.3) is 0 Å². The normalized spacial score (nSPS) is 18.1. The molecule has 1 unspecified atom stereocenters. The summed E-state index contributed by atoms with van der Waals surface area (Å²) in [5.74, 6) is 0.187. The van der Waals surface area contributed by atoms with Crippen molar-refractivity contribution >= 4 is 30.7 Å². The van der Waals surface area contributed by atoms with Gasteiger partial charge in [-0.2, -0.15) is 0 Å². The van der Waals surface area contributed by atoms with Gasteiger partial charge >= 0.3 is 0 Å². The predicted octanol–water partition coefficient (Wildman–Crippen LogP) is 1.43. The van der Waals surface area contributed by atoms with Crippen molar-refractivity contribution in [2.45, 2.75) is 39.2 Å². The highest BCUT2D eigenvalue weighted by molar-refractivity contribution is 5.85. The van der Waals surface area contributed by atoms with Crippen LogP contribution in [-0.2, 0) is 4.79 Å². The highest BCUT2D eigenvalue weighted by Gasteiger charge is 2.17. The summed E-state index contributed by atoms with van der Waals surface area (Å²) in [4.78, 5) is 13.9. The Balaban J connectivity index is 0. The molecule has 2 N–H and O–H groups in total. The summed E-state index contributed by atoms with van der Waals surface area (Å²) in [7, 11) is 0. The molecule has 1 saturated heterocycles. The number of likely N-dealkylation sites (N-methyl/N-ethyl adjacent to an activating group) is 1. The summed E-state index contributed by atoms with van der Waals surface area (Å²) in [6.07, 6.45) is 2.99. The van der Waals surface area contributed by atoms with Gasteiger partial charge in [0, 0.05) is 25.6 Å². The third kappa shape index (κ3) is 8.14. The number of carbonyl (C=O) groups excluding carboxylic acids is 1. The molecule has 0 aromatic heterocycles. The van der Waals surface area contributed by atoms with Crippen molar-refractivity contribution in [3.05, 3.63) is 0 Å². The standard InChI is InChI=1S/C12H25N3O.2ClH/c1-3-15(4-2)9-8-14-12(16)10-11-6-5-7-13-11;;/h11,13H,3-10H2,1-2H3,(H,14,16);2*1H. The summed E-state index contributed by atoms with van der Waals surface area (Å²) in [5.41, 5.74) is 0. The van der Waals surface area contributed by atoms with Crippen LogP contribution in [0.3, 0.4) is 0 Å². The van der Waals surface area contributed by atoms with E-state index in [4.69, 9.17) is 0 Å².